The van der Waals surface area contributed by atoms with Crippen LogP contribution in [-0.2, 0) is 5.41 Å². The Morgan fingerprint density at radius 1 is 0.404 bits per heavy atom. The molecule has 0 saturated carbocycles. The zero-order valence-electron chi connectivity index (χ0n) is 31.1. The first-order valence-electron chi connectivity index (χ1n) is 18.7. The summed E-state index contributed by atoms with van der Waals surface area (Å²) >= 11 is 0. The molecule has 0 amide bonds. The van der Waals surface area contributed by atoms with Gasteiger partial charge in [-0.15, -0.1) is 0 Å². The minimum absolute atomic E-state index is 0.200. The fourth-order valence-electron chi connectivity index (χ4n) is 8.20. The lowest BCUT2D eigenvalue weighted by Crippen LogP contribution is -2.23. The Bertz CT molecular complexity index is 2950. The second kappa shape index (κ2) is 9.64. The van der Waals surface area contributed by atoms with E-state index in [1.165, 1.54) is 49.2 Å². The molecule has 1 aliphatic carbocycles. The van der Waals surface area contributed by atoms with E-state index < -0.39 is 6.04 Å². The number of hydrogen-bond donors (Lipinski definition) is 0. The number of rotatable bonds is 3. The van der Waals surface area contributed by atoms with Crippen molar-refractivity contribution in [2.75, 3.05) is 0 Å². The summed E-state index contributed by atoms with van der Waals surface area (Å²) in [5, 5.41) is 9.48. The highest BCUT2D eigenvalue weighted by atomic mass is 14.4. The second-order valence-electron chi connectivity index (χ2n) is 13.4. The van der Waals surface area contributed by atoms with Crippen LogP contribution in [0.4, 0.5) is 0 Å². The van der Waals surface area contributed by atoms with Crippen molar-refractivity contribution in [3.8, 4) is 44.5 Å². The van der Waals surface area contributed by atoms with Gasteiger partial charge >= 0.3 is 0 Å². The SMILES string of the molecule is [2H]c1c([2H])c([2H])c(-c2cc(-c3cc4c5c(cccc5c3)-c3ccccc3C4(C)C)cc(-c3ccc4ccc5cccc6ccc3c4c56)c2)c([2H])c1[2H]. The maximum Gasteiger partial charge on any atom is 0.0629 e. The number of hydrogen-bond acceptors (Lipinski definition) is 0. The van der Waals surface area contributed by atoms with Crippen molar-refractivity contribution in [3.05, 3.63) is 169 Å². The summed E-state index contributed by atoms with van der Waals surface area (Å²) in [5.74, 6) is 0. The van der Waals surface area contributed by atoms with Gasteiger partial charge in [0.25, 0.3) is 0 Å². The molecule has 0 radical (unpaired) electrons. The minimum atomic E-state index is -0.395. The first-order valence-corrected chi connectivity index (χ1v) is 16.2. The van der Waals surface area contributed by atoms with Gasteiger partial charge in [0.05, 0.1) is 6.85 Å². The molecule has 0 aromatic heterocycles. The van der Waals surface area contributed by atoms with E-state index in [9.17, 15) is 0 Å². The summed E-state index contributed by atoms with van der Waals surface area (Å²) in [4.78, 5) is 0. The molecular weight excluding hydrogens is 565 g/mol. The second-order valence-corrected chi connectivity index (χ2v) is 13.4. The fourth-order valence-corrected chi connectivity index (χ4v) is 8.20. The Kier molecular flexibility index (Phi) is 4.50. The molecule has 1 aliphatic rings. The predicted molar refractivity (Wildman–Crippen MR) is 202 cm³/mol. The Hall–Kier alpha value is -5.72. The third-order valence-corrected chi connectivity index (χ3v) is 10.4. The largest absolute Gasteiger partial charge is 0.0629 e. The van der Waals surface area contributed by atoms with Crippen LogP contribution < -0.4 is 0 Å². The Morgan fingerprint density at radius 2 is 1.02 bits per heavy atom. The van der Waals surface area contributed by atoms with Crippen molar-refractivity contribution in [1.82, 2.24) is 0 Å². The molecular formula is C47H32. The first kappa shape index (κ1) is 21.9. The van der Waals surface area contributed by atoms with Crippen molar-refractivity contribution < 1.29 is 6.85 Å². The maximum absolute atomic E-state index is 8.95. The van der Waals surface area contributed by atoms with Gasteiger partial charge in [-0.1, -0.05) is 141 Å². The zero-order chi connectivity index (χ0) is 35.6. The molecule has 0 nitrogen and oxygen atoms in total. The van der Waals surface area contributed by atoms with Crippen LogP contribution in [0.1, 0.15) is 31.8 Å². The molecule has 0 N–H and O–H groups in total. The summed E-state index contributed by atoms with van der Waals surface area (Å²) in [6.07, 6.45) is 0. The molecule has 47 heavy (non-hydrogen) atoms. The quantitative estimate of drug-likeness (QED) is 0.177. The van der Waals surface area contributed by atoms with Crippen molar-refractivity contribution >= 4 is 43.1 Å². The molecule has 0 unspecified atom stereocenters. The smallest absolute Gasteiger partial charge is 0.0622 e. The molecule has 0 saturated heterocycles. The van der Waals surface area contributed by atoms with E-state index in [2.05, 4.69) is 129 Å². The molecule has 0 fully saturated rings. The lowest BCUT2D eigenvalue weighted by atomic mass is 9.68. The highest BCUT2D eigenvalue weighted by Crippen LogP contribution is 2.50. The van der Waals surface area contributed by atoms with Gasteiger partial charge in [0.15, 0.2) is 0 Å². The molecule has 0 heterocycles. The molecule has 0 atom stereocenters. The van der Waals surface area contributed by atoms with Crippen LogP contribution in [0.25, 0.3) is 87.6 Å². The molecule has 0 bridgehead atoms. The average Bonchev–Trinajstić information content (AvgIpc) is 3.17. The molecule has 9 aromatic carbocycles. The Morgan fingerprint density at radius 3 is 1.85 bits per heavy atom. The molecule has 0 aliphatic heterocycles. The average molecular weight is 602 g/mol. The number of benzene rings is 9. The summed E-state index contributed by atoms with van der Waals surface area (Å²) in [7, 11) is 0. The van der Waals surface area contributed by atoms with E-state index in [0.29, 0.717) is 5.56 Å². The normalized spacial score (nSPS) is 15.0. The fraction of sp³-hybridized carbons (Fsp3) is 0.0638. The van der Waals surface area contributed by atoms with E-state index in [4.69, 9.17) is 6.85 Å². The molecule has 220 valence electrons. The van der Waals surface area contributed by atoms with Crippen LogP contribution in [-0.4, -0.2) is 0 Å². The minimum Gasteiger partial charge on any atom is -0.0622 e. The summed E-state index contributed by atoms with van der Waals surface area (Å²) in [6, 6.07) is 43.9. The topological polar surface area (TPSA) is 0 Å². The molecule has 0 heteroatoms. The third-order valence-electron chi connectivity index (χ3n) is 10.4. The van der Waals surface area contributed by atoms with Crippen LogP contribution in [0.2, 0.25) is 0 Å². The van der Waals surface area contributed by atoms with E-state index in [-0.39, 0.29) is 35.1 Å². The van der Waals surface area contributed by atoms with E-state index in [1.807, 2.05) is 12.1 Å². The van der Waals surface area contributed by atoms with Gasteiger partial charge in [-0.25, -0.2) is 0 Å². The maximum atomic E-state index is 8.95. The van der Waals surface area contributed by atoms with Gasteiger partial charge in [0, 0.05) is 5.41 Å². The van der Waals surface area contributed by atoms with Crippen LogP contribution in [0.3, 0.4) is 0 Å². The van der Waals surface area contributed by atoms with Gasteiger partial charge in [0.1, 0.15) is 0 Å². The van der Waals surface area contributed by atoms with Crippen molar-refractivity contribution in [1.29, 1.82) is 0 Å². The lowest BCUT2D eigenvalue weighted by Gasteiger charge is -2.35. The molecule has 10 rings (SSSR count). The van der Waals surface area contributed by atoms with Gasteiger partial charge in [-0.3, -0.25) is 0 Å². The number of fused-ring (bicyclic) bond motifs is 2. The first-order chi connectivity index (χ1) is 25.1. The van der Waals surface area contributed by atoms with Gasteiger partial charge in [-0.2, -0.15) is 0 Å². The molecule has 9 aromatic rings. The van der Waals surface area contributed by atoms with E-state index >= 15 is 0 Å². The van der Waals surface area contributed by atoms with Crippen LogP contribution in [0, 0.1) is 0 Å². The van der Waals surface area contributed by atoms with Crippen LogP contribution >= 0.6 is 0 Å². The Labute approximate surface area is 281 Å². The van der Waals surface area contributed by atoms with Crippen molar-refractivity contribution in [3.63, 3.8) is 0 Å². The van der Waals surface area contributed by atoms with E-state index in [1.54, 1.807) is 0 Å². The van der Waals surface area contributed by atoms with Gasteiger partial charge in [0.2, 0.25) is 0 Å². The third kappa shape index (κ3) is 3.82. The zero-order valence-corrected chi connectivity index (χ0v) is 26.1. The Balaban J connectivity index is 1.29. The monoisotopic (exact) mass is 601 g/mol. The summed E-state index contributed by atoms with van der Waals surface area (Å²) in [5.41, 5.74) is 9.43. The standard InChI is InChI=1S/C47H32/c1-47(2)42-17-7-6-15-39(42)40-16-9-14-33-24-36(28-43(47)45(33)40)35-25-34(29-10-4-3-5-11-29)26-37(27-35)38-22-20-32-19-18-30-12-8-13-31-21-23-41(38)46(32)44(30)31/h3-28H,1-2H3/i3D,4D,5D,10D,11D. The lowest BCUT2D eigenvalue weighted by molar-refractivity contribution is 0.645. The van der Waals surface area contributed by atoms with Crippen molar-refractivity contribution in [2.45, 2.75) is 19.3 Å². The van der Waals surface area contributed by atoms with Crippen LogP contribution in [0.15, 0.2) is 158 Å². The van der Waals surface area contributed by atoms with Crippen molar-refractivity contribution in [2.24, 2.45) is 0 Å². The highest BCUT2D eigenvalue weighted by molar-refractivity contribution is 6.25. The van der Waals surface area contributed by atoms with Gasteiger partial charge in [-0.05, 0) is 129 Å². The van der Waals surface area contributed by atoms with E-state index in [0.717, 1.165) is 38.4 Å². The highest BCUT2D eigenvalue weighted by Gasteiger charge is 2.33. The summed E-state index contributed by atoms with van der Waals surface area (Å²) < 4.78 is 43.2. The predicted octanol–water partition coefficient (Wildman–Crippen LogP) is 13.0. The summed E-state index contributed by atoms with van der Waals surface area (Å²) in [6.45, 7) is 4.58. The van der Waals surface area contributed by atoms with Gasteiger partial charge < -0.3 is 0 Å². The molecule has 0 spiro atoms. The van der Waals surface area contributed by atoms with Crippen LogP contribution in [0.5, 0.6) is 0 Å².